The zero-order valence-corrected chi connectivity index (χ0v) is 12.0. The van der Waals surface area contributed by atoms with Crippen molar-refractivity contribution in [3.05, 3.63) is 11.4 Å². The van der Waals surface area contributed by atoms with Crippen molar-refractivity contribution in [2.45, 2.75) is 44.6 Å². The first-order chi connectivity index (χ1) is 8.23. The van der Waals surface area contributed by atoms with Crippen LogP contribution in [0.3, 0.4) is 0 Å². The lowest BCUT2D eigenvalue weighted by atomic mass is 10.2. The Morgan fingerprint density at radius 1 is 1.44 bits per heavy atom. The van der Waals surface area contributed by atoms with Gasteiger partial charge in [0.25, 0.3) is 9.05 Å². The minimum atomic E-state index is -3.89. The van der Waals surface area contributed by atoms with E-state index >= 15 is 0 Å². The fraction of sp³-hybridized carbons (Fsp3) is 0.600. The molecule has 0 spiro atoms. The number of amides is 1. The SMILES string of the molecule is CCc1nn(C(C)C(N)=O)c(CC)c1S(=O)(=O)Cl. The van der Waals surface area contributed by atoms with Crippen molar-refractivity contribution in [2.24, 2.45) is 5.73 Å². The average molecular weight is 294 g/mol. The number of carbonyl (C=O) groups excluding carboxylic acids is 1. The Hall–Kier alpha value is -1.08. The number of aromatic nitrogens is 2. The zero-order valence-electron chi connectivity index (χ0n) is 10.5. The Kier molecular flexibility index (Phi) is 4.39. The molecule has 18 heavy (non-hydrogen) atoms. The molecule has 1 amide bonds. The lowest BCUT2D eigenvalue weighted by Crippen LogP contribution is -2.26. The first-order valence-electron chi connectivity index (χ1n) is 5.58. The van der Waals surface area contributed by atoms with Gasteiger partial charge in [-0.2, -0.15) is 5.10 Å². The molecule has 1 unspecified atom stereocenters. The van der Waals surface area contributed by atoms with Crippen LogP contribution in [0, 0.1) is 0 Å². The predicted molar refractivity (Wildman–Crippen MR) is 67.9 cm³/mol. The highest BCUT2D eigenvalue weighted by atomic mass is 35.7. The van der Waals surface area contributed by atoms with Gasteiger partial charge in [-0.05, 0) is 19.8 Å². The molecule has 0 saturated carbocycles. The Morgan fingerprint density at radius 2 is 2.00 bits per heavy atom. The summed E-state index contributed by atoms with van der Waals surface area (Å²) in [5.74, 6) is -0.576. The zero-order chi connectivity index (χ0) is 14.1. The third kappa shape index (κ3) is 2.67. The van der Waals surface area contributed by atoms with Gasteiger partial charge in [0.05, 0.1) is 11.4 Å². The van der Waals surface area contributed by atoms with Crippen molar-refractivity contribution >= 4 is 25.6 Å². The number of aryl methyl sites for hydroxylation is 1. The lowest BCUT2D eigenvalue weighted by molar-refractivity contribution is -0.121. The number of halogens is 1. The molecular formula is C10H16ClN3O3S. The summed E-state index contributed by atoms with van der Waals surface area (Å²) in [4.78, 5) is 11.2. The standard InChI is InChI=1S/C10H16ClN3O3S/c1-4-7-9(18(11,16)17)8(5-2)14(13-7)6(3)10(12)15/h6H,4-5H2,1-3H3,(H2,12,15). The van der Waals surface area contributed by atoms with E-state index in [1.165, 1.54) is 4.68 Å². The van der Waals surface area contributed by atoms with E-state index < -0.39 is 21.0 Å². The lowest BCUT2D eigenvalue weighted by Gasteiger charge is -2.11. The molecule has 0 fully saturated rings. The fourth-order valence-corrected chi connectivity index (χ4v) is 3.30. The van der Waals surface area contributed by atoms with Gasteiger partial charge in [-0.15, -0.1) is 0 Å². The first kappa shape index (κ1) is 15.0. The van der Waals surface area contributed by atoms with Gasteiger partial charge in [0.2, 0.25) is 5.91 Å². The summed E-state index contributed by atoms with van der Waals surface area (Å²) in [6.45, 7) is 5.11. The molecule has 0 bridgehead atoms. The third-order valence-electron chi connectivity index (χ3n) is 2.72. The van der Waals surface area contributed by atoms with Crippen LogP contribution in [-0.4, -0.2) is 24.1 Å². The van der Waals surface area contributed by atoms with E-state index in [0.717, 1.165) is 0 Å². The van der Waals surface area contributed by atoms with Gasteiger partial charge in [-0.1, -0.05) is 13.8 Å². The number of hydrogen-bond donors (Lipinski definition) is 1. The molecule has 2 N–H and O–H groups in total. The van der Waals surface area contributed by atoms with Gasteiger partial charge in [-0.25, -0.2) is 8.42 Å². The van der Waals surface area contributed by atoms with Crippen molar-refractivity contribution in [1.29, 1.82) is 0 Å². The molecule has 0 aromatic carbocycles. The van der Waals surface area contributed by atoms with Gasteiger partial charge in [0.15, 0.2) is 0 Å². The van der Waals surface area contributed by atoms with E-state index in [4.69, 9.17) is 16.4 Å². The quantitative estimate of drug-likeness (QED) is 0.819. The smallest absolute Gasteiger partial charge is 0.264 e. The van der Waals surface area contributed by atoms with Crippen LogP contribution in [0.5, 0.6) is 0 Å². The van der Waals surface area contributed by atoms with E-state index in [1.54, 1.807) is 20.8 Å². The van der Waals surface area contributed by atoms with Gasteiger partial charge in [-0.3, -0.25) is 9.48 Å². The Morgan fingerprint density at radius 3 is 2.33 bits per heavy atom. The summed E-state index contributed by atoms with van der Waals surface area (Å²) >= 11 is 0. The van der Waals surface area contributed by atoms with Crippen LogP contribution in [0.25, 0.3) is 0 Å². The average Bonchev–Trinajstić information content (AvgIpc) is 2.65. The maximum atomic E-state index is 11.6. The van der Waals surface area contributed by atoms with Crippen LogP contribution in [0.4, 0.5) is 0 Å². The second-order valence-electron chi connectivity index (χ2n) is 3.89. The molecule has 0 saturated heterocycles. The monoisotopic (exact) mass is 293 g/mol. The van der Waals surface area contributed by atoms with Gasteiger partial charge in [0, 0.05) is 10.7 Å². The van der Waals surface area contributed by atoms with E-state index in [9.17, 15) is 13.2 Å². The molecule has 1 rings (SSSR count). The molecule has 0 aliphatic heterocycles. The molecule has 1 aromatic rings. The minimum absolute atomic E-state index is 0.00210. The first-order valence-corrected chi connectivity index (χ1v) is 7.89. The van der Waals surface area contributed by atoms with Crippen molar-refractivity contribution < 1.29 is 13.2 Å². The van der Waals surface area contributed by atoms with E-state index in [-0.39, 0.29) is 4.90 Å². The molecule has 0 aliphatic rings. The molecule has 0 radical (unpaired) electrons. The van der Waals surface area contributed by atoms with Crippen LogP contribution in [0.2, 0.25) is 0 Å². The normalized spacial score (nSPS) is 13.6. The molecule has 8 heteroatoms. The minimum Gasteiger partial charge on any atom is -0.368 e. The Bertz CT molecular complexity index is 565. The molecule has 1 aromatic heterocycles. The molecular weight excluding hydrogens is 278 g/mol. The number of nitrogens with zero attached hydrogens (tertiary/aromatic N) is 2. The van der Waals surface area contributed by atoms with Crippen LogP contribution in [-0.2, 0) is 26.7 Å². The highest BCUT2D eigenvalue weighted by molar-refractivity contribution is 8.13. The van der Waals surface area contributed by atoms with Crippen LogP contribution < -0.4 is 5.73 Å². The highest BCUT2D eigenvalue weighted by Gasteiger charge is 2.28. The van der Waals surface area contributed by atoms with E-state index in [1.807, 2.05) is 0 Å². The third-order valence-corrected chi connectivity index (χ3v) is 4.14. The second kappa shape index (κ2) is 5.27. The van der Waals surface area contributed by atoms with Crippen molar-refractivity contribution in [3.63, 3.8) is 0 Å². The predicted octanol–water partition coefficient (Wildman–Crippen LogP) is 0.982. The summed E-state index contributed by atoms with van der Waals surface area (Å²) in [5, 5.41) is 4.14. The number of carbonyl (C=O) groups is 1. The Balaban J connectivity index is 3.58. The number of hydrogen-bond acceptors (Lipinski definition) is 4. The van der Waals surface area contributed by atoms with E-state index in [2.05, 4.69) is 5.10 Å². The Labute approximate surface area is 111 Å². The molecule has 1 heterocycles. The van der Waals surface area contributed by atoms with Crippen molar-refractivity contribution in [1.82, 2.24) is 9.78 Å². The summed E-state index contributed by atoms with van der Waals surface area (Å²) in [6.07, 6.45) is 0.804. The molecule has 1 atom stereocenters. The van der Waals surface area contributed by atoms with Crippen molar-refractivity contribution in [3.8, 4) is 0 Å². The maximum absolute atomic E-state index is 11.6. The number of rotatable bonds is 5. The highest BCUT2D eigenvalue weighted by Crippen LogP contribution is 2.27. The summed E-state index contributed by atoms with van der Waals surface area (Å²) in [5.41, 5.74) is 5.99. The summed E-state index contributed by atoms with van der Waals surface area (Å²) < 4.78 is 24.5. The van der Waals surface area contributed by atoms with Crippen LogP contribution in [0.15, 0.2) is 4.90 Å². The number of primary amides is 1. The van der Waals surface area contributed by atoms with Crippen molar-refractivity contribution in [2.75, 3.05) is 0 Å². The summed E-state index contributed by atoms with van der Waals surface area (Å²) in [7, 11) is 1.54. The fourth-order valence-electron chi connectivity index (χ4n) is 1.78. The molecule has 102 valence electrons. The van der Waals surface area contributed by atoms with Gasteiger partial charge < -0.3 is 5.73 Å². The molecule has 0 aliphatic carbocycles. The largest absolute Gasteiger partial charge is 0.368 e. The van der Waals surface area contributed by atoms with Gasteiger partial charge in [0.1, 0.15) is 10.9 Å². The van der Waals surface area contributed by atoms with Gasteiger partial charge >= 0.3 is 0 Å². The maximum Gasteiger partial charge on any atom is 0.264 e. The number of nitrogens with two attached hydrogens (primary N) is 1. The topological polar surface area (TPSA) is 95.1 Å². The van der Waals surface area contributed by atoms with E-state index in [0.29, 0.717) is 24.2 Å². The molecule has 6 nitrogen and oxygen atoms in total. The van der Waals surface area contributed by atoms with Crippen LogP contribution >= 0.6 is 10.7 Å². The second-order valence-corrected chi connectivity index (χ2v) is 6.39. The van der Waals surface area contributed by atoms with Crippen LogP contribution in [0.1, 0.15) is 38.2 Å². The summed E-state index contributed by atoms with van der Waals surface area (Å²) in [6, 6.07) is -0.711.